The number of rotatable bonds is 4. The van der Waals surface area contributed by atoms with Crippen LogP contribution in [0.4, 0.5) is 0 Å². The topological polar surface area (TPSA) is 82.3 Å². The largest absolute Gasteiger partial charge is 0.497 e. The summed E-state index contributed by atoms with van der Waals surface area (Å²) in [6.45, 7) is -0.248. The first-order chi connectivity index (χ1) is 8.30. The number of aliphatic hydroxyl groups is 1. The van der Waals surface area contributed by atoms with Crippen LogP contribution in [0.25, 0.3) is 5.69 Å². The zero-order valence-corrected chi connectivity index (χ0v) is 9.49. The van der Waals surface area contributed by atoms with Crippen LogP contribution in [0.2, 0.25) is 0 Å². The van der Waals surface area contributed by atoms with Gasteiger partial charge < -0.3 is 14.6 Å². The summed E-state index contributed by atoms with van der Waals surface area (Å²) in [5.74, 6) is 1.57. The van der Waals surface area contributed by atoms with Gasteiger partial charge >= 0.3 is 0 Å². The molecule has 0 unspecified atom stereocenters. The molecule has 1 heterocycles. The van der Waals surface area contributed by atoms with Crippen molar-refractivity contribution in [2.75, 3.05) is 14.2 Å². The molecular formula is C10H12N4O3. The summed E-state index contributed by atoms with van der Waals surface area (Å²) < 4.78 is 11.7. The van der Waals surface area contributed by atoms with Gasteiger partial charge in [0.05, 0.1) is 14.2 Å². The van der Waals surface area contributed by atoms with Gasteiger partial charge in [-0.05, 0) is 22.6 Å². The number of nitrogens with zero attached hydrogens (tertiary/aromatic N) is 4. The first-order valence-electron chi connectivity index (χ1n) is 4.90. The van der Waals surface area contributed by atoms with E-state index < -0.39 is 0 Å². The highest BCUT2D eigenvalue weighted by atomic mass is 16.5. The molecule has 0 spiro atoms. The second-order valence-electron chi connectivity index (χ2n) is 3.20. The number of ether oxygens (including phenoxy) is 2. The second kappa shape index (κ2) is 4.79. The average molecular weight is 236 g/mol. The molecule has 0 aliphatic rings. The maximum atomic E-state index is 9.10. The predicted molar refractivity (Wildman–Crippen MR) is 58.2 cm³/mol. The van der Waals surface area contributed by atoms with Crippen molar-refractivity contribution in [3.63, 3.8) is 0 Å². The number of hydrogen-bond acceptors (Lipinski definition) is 6. The Balaban J connectivity index is 2.51. The molecule has 0 amide bonds. The van der Waals surface area contributed by atoms with Crippen LogP contribution in [0, 0.1) is 0 Å². The summed E-state index contributed by atoms with van der Waals surface area (Å²) in [5.41, 5.74) is 0.641. The van der Waals surface area contributed by atoms with E-state index in [1.807, 2.05) is 0 Å². The summed E-state index contributed by atoms with van der Waals surface area (Å²) in [6.07, 6.45) is 0. The first kappa shape index (κ1) is 11.3. The van der Waals surface area contributed by atoms with Gasteiger partial charge in [0.15, 0.2) is 5.82 Å². The van der Waals surface area contributed by atoms with Crippen molar-refractivity contribution in [3.05, 3.63) is 24.0 Å². The van der Waals surface area contributed by atoms with Gasteiger partial charge in [-0.25, -0.2) is 0 Å². The van der Waals surface area contributed by atoms with Crippen LogP contribution < -0.4 is 9.47 Å². The number of aliphatic hydroxyl groups excluding tert-OH is 1. The fourth-order valence-electron chi connectivity index (χ4n) is 1.45. The van der Waals surface area contributed by atoms with E-state index in [1.165, 1.54) is 4.68 Å². The molecular weight excluding hydrogens is 224 g/mol. The molecule has 1 aromatic carbocycles. The third kappa shape index (κ3) is 2.04. The Morgan fingerprint density at radius 3 is 2.76 bits per heavy atom. The Morgan fingerprint density at radius 1 is 1.29 bits per heavy atom. The van der Waals surface area contributed by atoms with E-state index in [0.29, 0.717) is 23.0 Å². The molecule has 2 rings (SSSR count). The number of aromatic nitrogens is 4. The van der Waals surface area contributed by atoms with Gasteiger partial charge in [-0.15, -0.1) is 5.10 Å². The van der Waals surface area contributed by atoms with Crippen LogP contribution in [-0.2, 0) is 6.61 Å². The van der Waals surface area contributed by atoms with Gasteiger partial charge in [0.1, 0.15) is 23.8 Å². The minimum atomic E-state index is -0.248. The Kier molecular flexibility index (Phi) is 3.20. The number of benzene rings is 1. The third-order valence-corrected chi connectivity index (χ3v) is 2.29. The summed E-state index contributed by atoms with van der Waals surface area (Å²) >= 11 is 0. The van der Waals surface area contributed by atoms with Crippen LogP contribution in [0.5, 0.6) is 11.5 Å². The van der Waals surface area contributed by atoms with Crippen molar-refractivity contribution in [1.29, 1.82) is 0 Å². The molecule has 0 saturated heterocycles. The highest BCUT2D eigenvalue weighted by Gasteiger charge is 2.12. The fourth-order valence-corrected chi connectivity index (χ4v) is 1.45. The van der Waals surface area contributed by atoms with Crippen LogP contribution in [0.1, 0.15) is 5.82 Å². The SMILES string of the molecule is COc1ccc(-n2nnnc2CO)c(OC)c1. The van der Waals surface area contributed by atoms with Crippen LogP contribution >= 0.6 is 0 Å². The molecule has 0 aliphatic carbocycles. The van der Waals surface area contributed by atoms with Crippen molar-refractivity contribution < 1.29 is 14.6 Å². The summed E-state index contributed by atoms with van der Waals surface area (Å²) in [7, 11) is 3.12. The number of hydrogen-bond donors (Lipinski definition) is 1. The molecule has 0 radical (unpaired) electrons. The maximum absolute atomic E-state index is 9.10. The van der Waals surface area contributed by atoms with E-state index in [9.17, 15) is 0 Å². The van der Waals surface area contributed by atoms with E-state index >= 15 is 0 Å². The lowest BCUT2D eigenvalue weighted by atomic mass is 10.2. The van der Waals surface area contributed by atoms with Gasteiger partial charge in [-0.3, -0.25) is 0 Å². The molecule has 1 N–H and O–H groups in total. The van der Waals surface area contributed by atoms with Crippen molar-refractivity contribution in [1.82, 2.24) is 20.2 Å². The summed E-state index contributed by atoms with van der Waals surface area (Å²) in [4.78, 5) is 0. The molecule has 17 heavy (non-hydrogen) atoms. The maximum Gasteiger partial charge on any atom is 0.182 e. The fraction of sp³-hybridized carbons (Fsp3) is 0.300. The monoisotopic (exact) mass is 236 g/mol. The van der Waals surface area contributed by atoms with E-state index in [-0.39, 0.29) is 6.61 Å². The molecule has 0 fully saturated rings. The standard InChI is InChI=1S/C10H12N4O3/c1-16-7-3-4-8(9(5-7)17-2)14-10(6-15)11-12-13-14/h3-5,15H,6H2,1-2H3. The lowest BCUT2D eigenvalue weighted by Crippen LogP contribution is -2.05. The Bertz CT molecular complexity index is 512. The van der Waals surface area contributed by atoms with E-state index in [2.05, 4.69) is 15.5 Å². The Labute approximate surface area is 97.6 Å². The molecule has 0 atom stereocenters. The lowest BCUT2D eigenvalue weighted by molar-refractivity contribution is 0.267. The van der Waals surface area contributed by atoms with E-state index in [1.54, 1.807) is 32.4 Å². The zero-order valence-electron chi connectivity index (χ0n) is 9.49. The molecule has 90 valence electrons. The summed E-state index contributed by atoms with van der Waals surface area (Å²) in [6, 6.07) is 5.24. The molecule has 1 aromatic heterocycles. The van der Waals surface area contributed by atoms with Gasteiger partial charge in [0.25, 0.3) is 0 Å². The van der Waals surface area contributed by atoms with Crippen LogP contribution in [0.3, 0.4) is 0 Å². The Hall–Kier alpha value is -2.15. The molecule has 7 heteroatoms. The van der Waals surface area contributed by atoms with Gasteiger partial charge in [0.2, 0.25) is 0 Å². The number of methoxy groups -OCH3 is 2. The second-order valence-corrected chi connectivity index (χ2v) is 3.20. The van der Waals surface area contributed by atoms with Crippen molar-refractivity contribution in [2.24, 2.45) is 0 Å². The molecule has 0 bridgehead atoms. The van der Waals surface area contributed by atoms with Gasteiger partial charge in [-0.1, -0.05) is 0 Å². The minimum absolute atomic E-state index is 0.248. The van der Waals surface area contributed by atoms with Crippen molar-refractivity contribution >= 4 is 0 Å². The van der Waals surface area contributed by atoms with Gasteiger partial charge in [-0.2, -0.15) is 4.68 Å². The van der Waals surface area contributed by atoms with Crippen LogP contribution in [0.15, 0.2) is 18.2 Å². The molecule has 7 nitrogen and oxygen atoms in total. The van der Waals surface area contributed by atoms with Crippen LogP contribution in [-0.4, -0.2) is 39.5 Å². The van der Waals surface area contributed by atoms with E-state index in [4.69, 9.17) is 14.6 Å². The molecule has 2 aromatic rings. The molecule has 0 aliphatic heterocycles. The quantitative estimate of drug-likeness (QED) is 0.815. The summed E-state index contributed by atoms with van der Waals surface area (Å²) in [5, 5.41) is 20.1. The average Bonchev–Trinajstić information content (AvgIpc) is 2.85. The normalized spacial score (nSPS) is 10.3. The third-order valence-electron chi connectivity index (χ3n) is 2.29. The van der Waals surface area contributed by atoms with Crippen molar-refractivity contribution in [3.8, 4) is 17.2 Å². The Morgan fingerprint density at radius 2 is 2.12 bits per heavy atom. The minimum Gasteiger partial charge on any atom is -0.497 e. The number of tetrazole rings is 1. The van der Waals surface area contributed by atoms with Gasteiger partial charge in [0, 0.05) is 6.07 Å². The zero-order chi connectivity index (χ0) is 12.3. The molecule has 0 saturated carbocycles. The van der Waals surface area contributed by atoms with E-state index in [0.717, 1.165) is 0 Å². The highest BCUT2D eigenvalue weighted by Crippen LogP contribution is 2.27. The van der Waals surface area contributed by atoms with Crippen molar-refractivity contribution in [2.45, 2.75) is 6.61 Å². The smallest absolute Gasteiger partial charge is 0.182 e. The predicted octanol–water partition coefficient (Wildman–Crippen LogP) is 0.172. The lowest BCUT2D eigenvalue weighted by Gasteiger charge is -2.10. The highest BCUT2D eigenvalue weighted by molar-refractivity contribution is 5.50. The first-order valence-corrected chi connectivity index (χ1v) is 4.90.